The number of rotatable bonds is 9. The minimum absolute atomic E-state index is 0.0218. The molecule has 192 valence electrons. The SMILES string of the molecule is C=CC(C)(C)CC(C)(C)NCCc1ccc(Oc2cc(O)c3c(c2N)C(=O)c2ccccc2C3=O)cc1. The second-order valence-corrected chi connectivity index (χ2v) is 10.9. The maximum absolute atomic E-state index is 13.1. The van der Waals surface area contributed by atoms with Crippen LogP contribution in [-0.2, 0) is 6.42 Å². The Kier molecular flexibility index (Phi) is 6.98. The summed E-state index contributed by atoms with van der Waals surface area (Å²) in [5.41, 5.74) is 7.90. The van der Waals surface area contributed by atoms with Crippen LogP contribution in [0, 0.1) is 5.41 Å². The van der Waals surface area contributed by atoms with E-state index in [0.29, 0.717) is 5.75 Å². The molecule has 0 aromatic heterocycles. The molecule has 1 aliphatic rings. The molecule has 0 saturated heterocycles. The topological polar surface area (TPSA) is 102 Å². The number of ether oxygens (including phenoxy) is 1. The summed E-state index contributed by atoms with van der Waals surface area (Å²) in [6, 6.07) is 15.4. The lowest BCUT2D eigenvalue weighted by atomic mass is 9.80. The van der Waals surface area contributed by atoms with Gasteiger partial charge in [0, 0.05) is 22.7 Å². The molecule has 37 heavy (non-hydrogen) atoms. The van der Waals surface area contributed by atoms with E-state index in [-0.39, 0.29) is 50.4 Å². The summed E-state index contributed by atoms with van der Waals surface area (Å²) in [7, 11) is 0. The standard InChI is InChI=1S/C31H34N2O4/c1-6-30(2,3)18-31(4,5)33-16-15-19-11-13-20(14-12-19)37-24-17-23(34)25-26(27(24)32)29(36)22-10-8-7-9-21(22)28(25)35/h6-14,17,33-34H,1,15-16,18,32H2,2-5H3. The molecule has 0 radical (unpaired) electrons. The van der Waals surface area contributed by atoms with Gasteiger partial charge in [-0.2, -0.15) is 0 Å². The summed E-state index contributed by atoms with van der Waals surface area (Å²) in [4.78, 5) is 26.1. The molecule has 6 heteroatoms. The zero-order valence-corrected chi connectivity index (χ0v) is 21.9. The number of allylic oxidation sites excluding steroid dienone is 1. The number of hydrogen-bond acceptors (Lipinski definition) is 6. The lowest BCUT2D eigenvalue weighted by Gasteiger charge is -2.34. The number of hydrogen-bond donors (Lipinski definition) is 3. The van der Waals surface area contributed by atoms with Crippen LogP contribution in [0.1, 0.15) is 71.5 Å². The van der Waals surface area contributed by atoms with Crippen molar-refractivity contribution in [2.45, 2.75) is 46.1 Å². The van der Waals surface area contributed by atoms with E-state index in [9.17, 15) is 14.7 Å². The van der Waals surface area contributed by atoms with Gasteiger partial charge in [0.05, 0.1) is 16.8 Å². The van der Waals surface area contributed by atoms with Gasteiger partial charge in [0.2, 0.25) is 0 Å². The molecule has 0 bridgehead atoms. The number of carbonyl (C=O) groups is 2. The van der Waals surface area contributed by atoms with Gasteiger partial charge in [0.1, 0.15) is 11.5 Å². The molecule has 1 aliphatic carbocycles. The average molecular weight is 499 g/mol. The highest BCUT2D eigenvalue weighted by Crippen LogP contribution is 2.42. The fraction of sp³-hybridized carbons (Fsp3) is 0.290. The summed E-state index contributed by atoms with van der Waals surface area (Å²) in [5, 5.41) is 14.3. The molecular weight excluding hydrogens is 464 g/mol. The summed E-state index contributed by atoms with van der Waals surface area (Å²) in [5.74, 6) is -0.554. The first-order chi connectivity index (χ1) is 17.4. The number of phenolic OH excluding ortho intramolecular Hbond substituents is 1. The number of nitrogens with one attached hydrogen (secondary N) is 1. The van der Waals surface area contributed by atoms with E-state index in [1.807, 2.05) is 30.3 Å². The van der Waals surface area contributed by atoms with Crippen LogP contribution in [0.25, 0.3) is 0 Å². The van der Waals surface area contributed by atoms with Gasteiger partial charge in [-0.25, -0.2) is 0 Å². The van der Waals surface area contributed by atoms with E-state index in [1.54, 1.807) is 24.3 Å². The van der Waals surface area contributed by atoms with E-state index < -0.39 is 11.6 Å². The van der Waals surface area contributed by atoms with E-state index in [4.69, 9.17) is 10.5 Å². The molecule has 0 atom stereocenters. The molecular formula is C31H34N2O4. The molecule has 4 N–H and O–H groups in total. The van der Waals surface area contributed by atoms with Gasteiger partial charge in [0.15, 0.2) is 17.3 Å². The second-order valence-electron chi connectivity index (χ2n) is 10.9. The van der Waals surface area contributed by atoms with E-state index in [2.05, 4.69) is 39.6 Å². The molecule has 4 rings (SSSR count). The first kappa shape index (κ1) is 26.2. The lowest BCUT2D eigenvalue weighted by Crippen LogP contribution is -2.43. The lowest BCUT2D eigenvalue weighted by molar-refractivity contribution is 0.0977. The predicted molar refractivity (Wildman–Crippen MR) is 147 cm³/mol. The first-order valence-electron chi connectivity index (χ1n) is 12.4. The van der Waals surface area contributed by atoms with Crippen LogP contribution >= 0.6 is 0 Å². The van der Waals surface area contributed by atoms with Gasteiger partial charge in [-0.1, -0.05) is 56.3 Å². The molecule has 0 spiro atoms. The number of aromatic hydroxyl groups is 1. The molecule has 0 fully saturated rings. The van der Waals surface area contributed by atoms with E-state index in [0.717, 1.165) is 24.9 Å². The second kappa shape index (κ2) is 9.87. The third kappa shape index (κ3) is 5.44. The summed E-state index contributed by atoms with van der Waals surface area (Å²) >= 11 is 0. The van der Waals surface area contributed by atoms with Crippen molar-refractivity contribution < 1.29 is 19.4 Å². The minimum Gasteiger partial charge on any atom is -0.507 e. The summed E-state index contributed by atoms with van der Waals surface area (Å²) in [6.45, 7) is 13.5. The van der Waals surface area contributed by atoms with Crippen LogP contribution in [-0.4, -0.2) is 28.8 Å². The molecule has 3 aromatic carbocycles. The third-order valence-electron chi connectivity index (χ3n) is 6.80. The molecule has 6 nitrogen and oxygen atoms in total. The highest BCUT2D eigenvalue weighted by Gasteiger charge is 2.35. The molecule has 0 heterocycles. The first-order valence-corrected chi connectivity index (χ1v) is 12.4. The Labute approximate surface area is 218 Å². The zero-order valence-electron chi connectivity index (χ0n) is 21.9. The van der Waals surface area contributed by atoms with Crippen LogP contribution in [0.15, 0.2) is 67.3 Å². The fourth-order valence-electron chi connectivity index (χ4n) is 5.03. The Hall–Kier alpha value is -3.90. The highest BCUT2D eigenvalue weighted by molar-refractivity contribution is 6.31. The smallest absolute Gasteiger partial charge is 0.198 e. The maximum Gasteiger partial charge on any atom is 0.198 e. The number of benzene rings is 3. The average Bonchev–Trinajstić information content (AvgIpc) is 2.85. The van der Waals surface area contributed by atoms with Gasteiger partial charge < -0.3 is 20.9 Å². The van der Waals surface area contributed by atoms with Crippen LogP contribution < -0.4 is 15.8 Å². The van der Waals surface area contributed by atoms with Crippen molar-refractivity contribution in [2.24, 2.45) is 5.41 Å². The van der Waals surface area contributed by atoms with Crippen LogP contribution in [0.3, 0.4) is 0 Å². The molecule has 3 aromatic rings. The highest BCUT2D eigenvalue weighted by atomic mass is 16.5. The fourth-order valence-corrected chi connectivity index (χ4v) is 5.03. The van der Waals surface area contributed by atoms with Gasteiger partial charge in [0.25, 0.3) is 0 Å². The van der Waals surface area contributed by atoms with E-state index in [1.165, 1.54) is 6.07 Å². The van der Waals surface area contributed by atoms with Crippen LogP contribution in [0.2, 0.25) is 0 Å². The zero-order chi connectivity index (χ0) is 27.0. The monoisotopic (exact) mass is 498 g/mol. The Balaban J connectivity index is 1.47. The number of nitrogen functional groups attached to an aromatic ring is 1. The van der Waals surface area contributed by atoms with Gasteiger partial charge in [-0.05, 0) is 56.3 Å². The van der Waals surface area contributed by atoms with Crippen molar-refractivity contribution in [3.8, 4) is 17.2 Å². The normalized spacial score (nSPS) is 13.2. The molecule has 0 amide bonds. The largest absolute Gasteiger partial charge is 0.507 e. The van der Waals surface area contributed by atoms with Crippen LogP contribution in [0.5, 0.6) is 17.2 Å². The van der Waals surface area contributed by atoms with Gasteiger partial charge in [-0.15, -0.1) is 6.58 Å². The number of anilines is 1. The Morgan fingerprint density at radius 1 is 0.973 bits per heavy atom. The molecule has 0 saturated carbocycles. The number of nitrogens with two attached hydrogens (primary N) is 1. The number of carbonyl (C=O) groups excluding carboxylic acids is 2. The predicted octanol–water partition coefficient (Wildman–Crippen LogP) is 6.06. The van der Waals surface area contributed by atoms with Gasteiger partial charge in [-0.3, -0.25) is 9.59 Å². The van der Waals surface area contributed by atoms with Crippen molar-refractivity contribution >= 4 is 17.3 Å². The molecule has 0 unspecified atom stereocenters. The van der Waals surface area contributed by atoms with Crippen molar-refractivity contribution in [1.29, 1.82) is 0 Å². The minimum atomic E-state index is -0.435. The quantitative estimate of drug-likeness (QED) is 0.147. The molecule has 0 aliphatic heterocycles. The van der Waals surface area contributed by atoms with Gasteiger partial charge >= 0.3 is 0 Å². The van der Waals surface area contributed by atoms with Crippen molar-refractivity contribution in [2.75, 3.05) is 12.3 Å². The number of phenols is 1. The van der Waals surface area contributed by atoms with E-state index >= 15 is 0 Å². The number of fused-ring (bicyclic) bond motifs is 2. The van der Waals surface area contributed by atoms with Crippen molar-refractivity contribution in [3.05, 3.63) is 95.1 Å². The van der Waals surface area contributed by atoms with Crippen molar-refractivity contribution in [3.63, 3.8) is 0 Å². The number of ketones is 2. The van der Waals surface area contributed by atoms with Crippen molar-refractivity contribution in [1.82, 2.24) is 5.32 Å². The summed E-state index contributed by atoms with van der Waals surface area (Å²) in [6.07, 6.45) is 3.82. The maximum atomic E-state index is 13.1. The Morgan fingerprint density at radius 3 is 2.16 bits per heavy atom. The van der Waals surface area contributed by atoms with Crippen LogP contribution in [0.4, 0.5) is 5.69 Å². The Bertz CT molecular complexity index is 1370. The summed E-state index contributed by atoms with van der Waals surface area (Å²) < 4.78 is 5.93. The Morgan fingerprint density at radius 2 is 1.57 bits per heavy atom. The third-order valence-corrected chi connectivity index (χ3v) is 6.80.